The van der Waals surface area contributed by atoms with Crippen LogP contribution < -0.4 is 10.0 Å². The van der Waals surface area contributed by atoms with E-state index in [0.29, 0.717) is 5.56 Å². The maximum absolute atomic E-state index is 12.3. The van der Waals surface area contributed by atoms with Gasteiger partial charge in [0.1, 0.15) is 0 Å². The van der Waals surface area contributed by atoms with Crippen LogP contribution in [-0.4, -0.2) is 40.6 Å². The fourth-order valence-electron chi connectivity index (χ4n) is 1.65. The van der Waals surface area contributed by atoms with Gasteiger partial charge in [-0.3, -0.25) is 0 Å². The first-order chi connectivity index (χ1) is 9.81. The summed E-state index contributed by atoms with van der Waals surface area (Å²) in [5, 5.41) is 2.95. The van der Waals surface area contributed by atoms with E-state index in [-0.39, 0.29) is 42.1 Å². The molecule has 6 nitrogen and oxygen atoms in total. The summed E-state index contributed by atoms with van der Waals surface area (Å²) in [4.78, 5) is 11.8. The van der Waals surface area contributed by atoms with Crippen LogP contribution in [0.3, 0.4) is 0 Å². The summed E-state index contributed by atoms with van der Waals surface area (Å²) < 4.78 is 32.0. The van der Waals surface area contributed by atoms with Gasteiger partial charge in [-0.1, -0.05) is 6.07 Å². The molecule has 1 atom stereocenters. The van der Waals surface area contributed by atoms with Gasteiger partial charge in [-0.2, -0.15) is 0 Å². The van der Waals surface area contributed by atoms with Crippen LogP contribution in [0.1, 0.15) is 29.8 Å². The second-order valence-electron chi connectivity index (χ2n) is 4.74. The molecule has 22 heavy (non-hydrogen) atoms. The topological polar surface area (TPSA) is 84.5 Å². The molecule has 1 rings (SSSR count). The van der Waals surface area contributed by atoms with Gasteiger partial charge in [-0.25, -0.2) is 17.9 Å². The summed E-state index contributed by atoms with van der Waals surface area (Å²) in [7, 11) is -1.91. The average molecular weight is 351 g/mol. The molecule has 0 saturated carbocycles. The second kappa shape index (κ2) is 9.09. The summed E-state index contributed by atoms with van der Waals surface area (Å²) >= 11 is 0. The number of likely N-dealkylation sites (N-methyl/N-ethyl adjacent to an activating group) is 1. The molecule has 1 unspecified atom stereocenters. The number of carbonyl (C=O) groups excluding carboxylic acids is 1. The maximum atomic E-state index is 12.3. The lowest BCUT2D eigenvalue weighted by atomic mass is 10.1. The fraction of sp³-hybridized carbons (Fsp3) is 0.500. The van der Waals surface area contributed by atoms with Gasteiger partial charge < -0.3 is 10.1 Å². The van der Waals surface area contributed by atoms with Crippen molar-refractivity contribution in [2.75, 3.05) is 20.2 Å². The van der Waals surface area contributed by atoms with E-state index in [4.69, 9.17) is 4.74 Å². The van der Waals surface area contributed by atoms with E-state index < -0.39 is 16.0 Å². The SMILES string of the molecule is CCOC(=O)c1ccc(C)c(S(=O)(=O)NCC(C)NC)c1.Cl. The number of rotatable bonds is 7. The quantitative estimate of drug-likeness (QED) is 0.728. The molecule has 126 valence electrons. The summed E-state index contributed by atoms with van der Waals surface area (Å²) in [6.07, 6.45) is 0. The average Bonchev–Trinajstić information content (AvgIpc) is 2.45. The molecule has 0 amide bonds. The fourth-order valence-corrected chi connectivity index (χ4v) is 3.04. The number of sulfonamides is 1. The van der Waals surface area contributed by atoms with Crippen molar-refractivity contribution in [2.45, 2.75) is 31.7 Å². The lowest BCUT2D eigenvalue weighted by Crippen LogP contribution is -2.37. The summed E-state index contributed by atoms with van der Waals surface area (Å²) in [5.41, 5.74) is 0.803. The zero-order chi connectivity index (χ0) is 16.0. The minimum absolute atomic E-state index is 0. The minimum atomic E-state index is -3.66. The Morgan fingerprint density at radius 1 is 1.36 bits per heavy atom. The molecule has 0 aliphatic carbocycles. The van der Waals surface area contributed by atoms with Crippen LogP contribution in [0.2, 0.25) is 0 Å². The van der Waals surface area contributed by atoms with Crippen LogP contribution in [0.15, 0.2) is 23.1 Å². The Hall–Kier alpha value is -1.15. The maximum Gasteiger partial charge on any atom is 0.338 e. The van der Waals surface area contributed by atoms with Crippen LogP contribution in [0.5, 0.6) is 0 Å². The molecule has 0 aromatic heterocycles. The van der Waals surface area contributed by atoms with Crippen molar-refractivity contribution < 1.29 is 17.9 Å². The number of aryl methyl sites for hydroxylation is 1. The van der Waals surface area contributed by atoms with Gasteiger partial charge in [0.25, 0.3) is 0 Å². The molecule has 0 spiro atoms. The molecule has 2 N–H and O–H groups in total. The predicted octanol–water partition coefficient (Wildman–Crippen LogP) is 1.48. The van der Waals surface area contributed by atoms with Crippen LogP contribution >= 0.6 is 12.4 Å². The smallest absolute Gasteiger partial charge is 0.338 e. The first kappa shape index (κ1) is 20.9. The van der Waals surface area contributed by atoms with Crippen LogP contribution in [0.25, 0.3) is 0 Å². The zero-order valence-electron chi connectivity index (χ0n) is 13.2. The number of halogens is 1. The van der Waals surface area contributed by atoms with Crippen molar-refractivity contribution in [2.24, 2.45) is 0 Å². The number of ether oxygens (including phenoxy) is 1. The lowest BCUT2D eigenvalue weighted by molar-refractivity contribution is 0.0526. The normalized spacial score (nSPS) is 12.4. The van der Waals surface area contributed by atoms with Crippen LogP contribution in [0, 0.1) is 6.92 Å². The predicted molar refractivity (Wildman–Crippen MR) is 88.1 cm³/mol. The molecule has 0 radical (unpaired) electrons. The Morgan fingerprint density at radius 2 is 2.00 bits per heavy atom. The van der Waals surface area contributed by atoms with Gasteiger partial charge in [0.05, 0.1) is 17.1 Å². The van der Waals surface area contributed by atoms with Gasteiger partial charge in [0.2, 0.25) is 10.0 Å². The first-order valence-corrected chi connectivity index (χ1v) is 8.24. The third kappa shape index (κ3) is 5.57. The van der Waals surface area contributed by atoms with E-state index in [0.717, 1.165) is 0 Å². The van der Waals surface area contributed by atoms with E-state index in [9.17, 15) is 13.2 Å². The van der Waals surface area contributed by atoms with Gasteiger partial charge >= 0.3 is 5.97 Å². The van der Waals surface area contributed by atoms with Crippen LogP contribution in [0.4, 0.5) is 0 Å². The Bertz CT molecular complexity index is 605. The molecule has 0 fully saturated rings. The van der Waals surface area contributed by atoms with Crippen molar-refractivity contribution >= 4 is 28.4 Å². The summed E-state index contributed by atoms with van der Waals surface area (Å²) in [6, 6.07) is 4.51. The molecule has 0 bridgehead atoms. The highest BCUT2D eigenvalue weighted by Gasteiger charge is 2.19. The highest BCUT2D eigenvalue weighted by molar-refractivity contribution is 7.89. The number of carbonyl (C=O) groups is 1. The summed E-state index contributed by atoms with van der Waals surface area (Å²) in [5.74, 6) is -0.530. The van der Waals surface area contributed by atoms with Crippen molar-refractivity contribution in [3.8, 4) is 0 Å². The van der Waals surface area contributed by atoms with E-state index in [2.05, 4.69) is 10.0 Å². The molecular weight excluding hydrogens is 328 g/mol. The third-order valence-electron chi connectivity index (χ3n) is 3.06. The van der Waals surface area contributed by atoms with Crippen molar-refractivity contribution in [3.63, 3.8) is 0 Å². The monoisotopic (exact) mass is 350 g/mol. The Morgan fingerprint density at radius 3 is 2.55 bits per heavy atom. The highest BCUT2D eigenvalue weighted by atomic mass is 35.5. The largest absolute Gasteiger partial charge is 0.462 e. The zero-order valence-corrected chi connectivity index (χ0v) is 14.8. The molecule has 0 aliphatic heterocycles. The molecule has 1 aromatic carbocycles. The van der Waals surface area contributed by atoms with Gasteiger partial charge in [-0.15, -0.1) is 12.4 Å². The third-order valence-corrected chi connectivity index (χ3v) is 4.63. The number of nitrogens with one attached hydrogen (secondary N) is 2. The van der Waals surface area contributed by atoms with E-state index >= 15 is 0 Å². The highest BCUT2D eigenvalue weighted by Crippen LogP contribution is 2.17. The Kier molecular flexibility index (Phi) is 8.62. The van der Waals surface area contributed by atoms with Gasteiger partial charge in [0, 0.05) is 12.6 Å². The Labute approximate surface area is 138 Å². The standard InChI is InChI=1S/C14H22N2O4S.ClH/c1-5-20-14(17)12-7-6-10(2)13(8-12)21(18,19)16-9-11(3)15-4;/h6-8,11,15-16H,5,9H2,1-4H3;1H. The van der Waals surface area contributed by atoms with Crippen molar-refractivity contribution in [3.05, 3.63) is 29.3 Å². The number of benzene rings is 1. The molecule has 8 heteroatoms. The minimum Gasteiger partial charge on any atom is -0.462 e. The molecule has 0 aliphatic rings. The number of hydrogen-bond acceptors (Lipinski definition) is 5. The molecular formula is C14H23ClN2O4S. The van der Waals surface area contributed by atoms with E-state index in [1.807, 2.05) is 6.92 Å². The van der Waals surface area contributed by atoms with Crippen molar-refractivity contribution in [1.29, 1.82) is 0 Å². The lowest BCUT2D eigenvalue weighted by Gasteiger charge is -2.14. The number of esters is 1. The first-order valence-electron chi connectivity index (χ1n) is 6.76. The molecule has 0 saturated heterocycles. The summed E-state index contributed by atoms with van der Waals surface area (Å²) in [6.45, 7) is 5.76. The van der Waals surface area contributed by atoms with Gasteiger partial charge in [0.15, 0.2) is 0 Å². The molecule has 1 aromatic rings. The second-order valence-corrected chi connectivity index (χ2v) is 6.48. The van der Waals surface area contributed by atoms with E-state index in [1.165, 1.54) is 6.07 Å². The Balaban J connectivity index is 0.00000441. The van der Waals surface area contributed by atoms with Gasteiger partial charge in [-0.05, 0) is 45.5 Å². The van der Waals surface area contributed by atoms with Crippen molar-refractivity contribution in [1.82, 2.24) is 10.0 Å². The number of hydrogen-bond donors (Lipinski definition) is 2. The molecule has 0 heterocycles. The van der Waals surface area contributed by atoms with Crippen LogP contribution in [-0.2, 0) is 14.8 Å². The van der Waals surface area contributed by atoms with E-state index in [1.54, 1.807) is 33.0 Å².